The van der Waals surface area contributed by atoms with E-state index in [2.05, 4.69) is 4.72 Å². The van der Waals surface area contributed by atoms with Crippen molar-refractivity contribution in [2.24, 2.45) is 0 Å². The van der Waals surface area contributed by atoms with E-state index in [0.29, 0.717) is 0 Å². The van der Waals surface area contributed by atoms with Crippen molar-refractivity contribution in [1.82, 2.24) is 14.5 Å². The van der Waals surface area contributed by atoms with Crippen molar-refractivity contribution < 1.29 is 26.8 Å². The van der Waals surface area contributed by atoms with Crippen LogP contribution in [-0.4, -0.2) is 62.3 Å². The van der Waals surface area contributed by atoms with Gasteiger partial charge in [0.15, 0.2) is 0 Å². The summed E-state index contributed by atoms with van der Waals surface area (Å²) in [4.78, 5) is 27.6. The van der Waals surface area contributed by atoms with Gasteiger partial charge in [-0.15, -0.1) is 0 Å². The van der Waals surface area contributed by atoms with Gasteiger partial charge in [-0.25, -0.2) is 17.2 Å². The van der Waals surface area contributed by atoms with Crippen molar-refractivity contribution in [1.29, 1.82) is 0 Å². The first-order valence-electron chi connectivity index (χ1n) is 9.40. The molecule has 2 amide bonds. The van der Waals surface area contributed by atoms with E-state index in [1.54, 1.807) is 0 Å². The van der Waals surface area contributed by atoms with Crippen LogP contribution in [0, 0.1) is 11.6 Å². The second-order valence-corrected chi connectivity index (χ2v) is 9.10. The Balaban J connectivity index is 1.61. The average molecular weight is 472 g/mol. The normalized spacial score (nSPS) is 15.6. The first-order valence-corrected chi connectivity index (χ1v) is 11.3. The predicted octanol–water partition coefficient (Wildman–Crippen LogP) is 2.27. The minimum absolute atomic E-state index is 0.000297. The molecule has 2 aromatic rings. The lowest BCUT2D eigenvalue weighted by atomic mass is 10.1. The molecule has 0 spiro atoms. The molecule has 1 atom stereocenters. The topological polar surface area (TPSA) is 86.8 Å². The van der Waals surface area contributed by atoms with Crippen molar-refractivity contribution in [2.75, 3.05) is 26.2 Å². The highest BCUT2D eigenvalue weighted by Gasteiger charge is 2.31. The molecule has 1 N–H and O–H groups in total. The number of sulfonamides is 1. The maximum atomic E-state index is 13.8. The number of amides is 2. The molecule has 7 nitrogen and oxygen atoms in total. The summed E-state index contributed by atoms with van der Waals surface area (Å²) in [6.45, 7) is 2.12. The third-order valence-electron chi connectivity index (χ3n) is 4.87. The molecule has 0 bridgehead atoms. The molecular formula is C20H20ClF2N3O4S. The molecule has 1 aliphatic rings. The zero-order valence-electron chi connectivity index (χ0n) is 16.5. The molecule has 0 aliphatic carbocycles. The van der Waals surface area contributed by atoms with Crippen molar-refractivity contribution >= 4 is 33.4 Å². The van der Waals surface area contributed by atoms with E-state index in [4.69, 9.17) is 11.6 Å². The van der Waals surface area contributed by atoms with Crippen LogP contribution in [0.3, 0.4) is 0 Å². The van der Waals surface area contributed by atoms with Gasteiger partial charge in [0.2, 0.25) is 15.9 Å². The number of nitrogens with one attached hydrogen (secondary N) is 1. The quantitative estimate of drug-likeness (QED) is 0.724. The summed E-state index contributed by atoms with van der Waals surface area (Å²) < 4.78 is 54.0. The van der Waals surface area contributed by atoms with E-state index in [9.17, 15) is 26.8 Å². The lowest BCUT2D eigenvalue weighted by Crippen LogP contribution is -2.55. The average Bonchev–Trinajstić information content (AvgIpc) is 2.72. The van der Waals surface area contributed by atoms with Gasteiger partial charge in [0.05, 0.1) is 16.6 Å². The molecular weight excluding hydrogens is 452 g/mol. The van der Waals surface area contributed by atoms with E-state index in [1.807, 2.05) is 0 Å². The van der Waals surface area contributed by atoms with Gasteiger partial charge < -0.3 is 9.80 Å². The lowest BCUT2D eigenvalue weighted by Gasteiger charge is -2.36. The Labute approximate surface area is 183 Å². The summed E-state index contributed by atoms with van der Waals surface area (Å²) in [5, 5.41) is -0.000297. The van der Waals surface area contributed by atoms with Gasteiger partial charge >= 0.3 is 0 Å². The number of halogens is 3. The molecule has 0 unspecified atom stereocenters. The Morgan fingerprint density at radius 2 is 1.65 bits per heavy atom. The maximum absolute atomic E-state index is 13.8. The molecule has 0 saturated carbocycles. The van der Waals surface area contributed by atoms with Crippen molar-refractivity contribution in [3.05, 3.63) is 64.7 Å². The second kappa shape index (κ2) is 9.29. The number of hydrogen-bond acceptors (Lipinski definition) is 4. The highest BCUT2D eigenvalue weighted by molar-refractivity contribution is 7.89. The first-order chi connectivity index (χ1) is 14.6. The molecule has 0 aromatic heterocycles. The van der Waals surface area contributed by atoms with E-state index in [-0.39, 0.29) is 42.7 Å². The number of hydrogen-bond donors (Lipinski definition) is 1. The van der Waals surface area contributed by atoms with Crippen LogP contribution in [0.25, 0.3) is 0 Å². The van der Waals surface area contributed by atoms with Gasteiger partial charge in [0.1, 0.15) is 16.5 Å². The van der Waals surface area contributed by atoms with Crippen LogP contribution in [-0.2, 0) is 14.8 Å². The molecule has 1 saturated heterocycles. The summed E-state index contributed by atoms with van der Waals surface area (Å²) in [5.41, 5.74) is 0.161. The monoisotopic (exact) mass is 471 g/mol. The zero-order chi connectivity index (χ0) is 22.8. The number of carbonyl (C=O) groups is 2. The van der Waals surface area contributed by atoms with Crippen molar-refractivity contribution in [3.63, 3.8) is 0 Å². The van der Waals surface area contributed by atoms with Crippen LogP contribution >= 0.6 is 11.6 Å². The highest BCUT2D eigenvalue weighted by atomic mass is 35.5. The Morgan fingerprint density at radius 1 is 1.03 bits per heavy atom. The largest absolute Gasteiger partial charge is 0.338 e. The van der Waals surface area contributed by atoms with E-state index >= 15 is 0 Å². The summed E-state index contributed by atoms with van der Waals surface area (Å²) in [6, 6.07) is 7.25. The van der Waals surface area contributed by atoms with Crippen LogP contribution in [0.4, 0.5) is 8.78 Å². The number of rotatable bonds is 5. The molecule has 1 heterocycles. The van der Waals surface area contributed by atoms with Gasteiger partial charge in [-0.05, 0) is 37.3 Å². The third-order valence-corrected chi connectivity index (χ3v) is 6.76. The molecule has 3 rings (SSSR count). The molecule has 1 aliphatic heterocycles. The second-order valence-electron chi connectivity index (χ2n) is 7.02. The summed E-state index contributed by atoms with van der Waals surface area (Å²) in [7, 11) is -4.22. The van der Waals surface area contributed by atoms with Crippen LogP contribution in [0.1, 0.15) is 17.3 Å². The fourth-order valence-electron chi connectivity index (χ4n) is 3.25. The number of piperazine rings is 1. The minimum Gasteiger partial charge on any atom is -0.338 e. The van der Waals surface area contributed by atoms with E-state index < -0.39 is 38.5 Å². The molecule has 0 radical (unpaired) electrons. The summed E-state index contributed by atoms with van der Waals surface area (Å²) in [5.74, 6) is -2.35. The SMILES string of the molecule is C[C@H](NS(=O)(=O)c1ccccc1F)C(=O)N1CCN(C(=O)c2ccc(F)cc2Cl)CC1. The fraction of sp³-hybridized carbons (Fsp3) is 0.300. The van der Waals surface area contributed by atoms with Gasteiger partial charge in [0.25, 0.3) is 5.91 Å². The zero-order valence-corrected chi connectivity index (χ0v) is 18.1. The Kier molecular flexibility index (Phi) is 6.93. The fourth-order valence-corrected chi connectivity index (χ4v) is 4.77. The molecule has 166 valence electrons. The smallest absolute Gasteiger partial charge is 0.255 e. The Morgan fingerprint density at radius 3 is 2.26 bits per heavy atom. The molecule has 31 heavy (non-hydrogen) atoms. The lowest BCUT2D eigenvalue weighted by molar-refractivity contribution is -0.134. The van der Waals surface area contributed by atoms with Crippen LogP contribution in [0.5, 0.6) is 0 Å². The van der Waals surface area contributed by atoms with Gasteiger partial charge in [0, 0.05) is 26.2 Å². The molecule has 1 fully saturated rings. The van der Waals surface area contributed by atoms with Crippen LogP contribution in [0.2, 0.25) is 5.02 Å². The van der Waals surface area contributed by atoms with E-state index in [0.717, 1.165) is 24.3 Å². The van der Waals surface area contributed by atoms with Crippen LogP contribution < -0.4 is 4.72 Å². The standard InChI is InChI=1S/C20H20ClF2N3O4S/c1-13(24-31(29,30)18-5-3-2-4-17(18)23)19(27)25-8-10-26(11-9-25)20(28)15-7-6-14(22)12-16(15)21/h2-7,12-13,24H,8-11H2,1H3/t13-/m0/s1. The van der Waals surface area contributed by atoms with Crippen molar-refractivity contribution in [2.45, 2.75) is 17.9 Å². The highest BCUT2D eigenvalue weighted by Crippen LogP contribution is 2.20. The maximum Gasteiger partial charge on any atom is 0.255 e. The summed E-state index contributed by atoms with van der Waals surface area (Å²) >= 11 is 5.94. The van der Waals surface area contributed by atoms with Gasteiger partial charge in [-0.1, -0.05) is 23.7 Å². The summed E-state index contributed by atoms with van der Waals surface area (Å²) in [6.07, 6.45) is 0. The van der Waals surface area contributed by atoms with Crippen molar-refractivity contribution in [3.8, 4) is 0 Å². The van der Waals surface area contributed by atoms with Gasteiger partial charge in [-0.3, -0.25) is 9.59 Å². The molecule has 11 heteroatoms. The van der Waals surface area contributed by atoms with E-state index in [1.165, 1.54) is 34.9 Å². The number of nitrogens with zero attached hydrogens (tertiary/aromatic N) is 2. The first kappa shape index (κ1) is 23.1. The Hall–Kier alpha value is -2.56. The minimum atomic E-state index is -4.22. The number of carbonyl (C=O) groups excluding carboxylic acids is 2. The van der Waals surface area contributed by atoms with Gasteiger partial charge in [-0.2, -0.15) is 4.72 Å². The molecule has 2 aromatic carbocycles. The predicted molar refractivity (Wildman–Crippen MR) is 110 cm³/mol. The van der Waals surface area contributed by atoms with Crippen LogP contribution in [0.15, 0.2) is 47.4 Å². The number of benzene rings is 2. The Bertz CT molecular complexity index is 1110. The third kappa shape index (κ3) is 5.20.